The molecule has 0 aliphatic carbocycles. The number of nitrogens with zero attached hydrogens (tertiary/aromatic N) is 2. The van der Waals surface area contributed by atoms with Crippen molar-refractivity contribution in [2.24, 2.45) is 10.9 Å². The van der Waals surface area contributed by atoms with Crippen LogP contribution in [0.1, 0.15) is 30.9 Å². The first-order chi connectivity index (χ1) is 10.7. The second-order valence-corrected chi connectivity index (χ2v) is 6.41. The van der Waals surface area contributed by atoms with Gasteiger partial charge in [-0.05, 0) is 44.3 Å². The molecule has 0 bridgehead atoms. The van der Waals surface area contributed by atoms with Crippen LogP contribution < -0.4 is 10.6 Å². The molecular formula is C18H31IN4. The topological polar surface area (TPSA) is 39.7 Å². The van der Waals surface area contributed by atoms with E-state index in [0.717, 1.165) is 19.0 Å². The quantitative estimate of drug-likeness (QED) is 0.414. The van der Waals surface area contributed by atoms with Crippen LogP contribution in [0.3, 0.4) is 0 Å². The van der Waals surface area contributed by atoms with E-state index >= 15 is 0 Å². The molecule has 0 amide bonds. The van der Waals surface area contributed by atoms with Gasteiger partial charge < -0.3 is 15.5 Å². The first-order valence-electron chi connectivity index (χ1n) is 8.40. The summed E-state index contributed by atoms with van der Waals surface area (Å²) in [6, 6.07) is 8.61. The van der Waals surface area contributed by atoms with Crippen molar-refractivity contribution in [3.05, 3.63) is 35.4 Å². The van der Waals surface area contributed by atoms with Crippen molar-refractivity contribution in [1.82, 2.24) is 15.5 Å². The second kappa shape index (κ2) is 10.9. The molecule has 1 atom stereocenters. The summed E-state index contributed by atoms with van der Waals surface area (Å²) in [6.45, 7) is 9.90. The minimum atomic E-state index is 0. The minimum Gasteiger partial charge on any atom is -0.356 e. The van der Waals surface area contributed by atoms with E-state index in [1.54, 1.807) is 0 Å². The Hall–Kier alpha value is -0.820. The molecule has 1 aliphatic heterocycles. The van der Waals surface area contributed by atoms with Gasteiger partial charge >= 0.3 is 0 Å². The summed E-state index contributed by atoms with van der Waals surface area (Å²) in [5.41, 5.74) is 2.57. The molecule has 1 saturated heterocycles. The van der Waals surface area contributed by atoms with Crippen LogP contribution in [0.25, 0.3) is 0 Å². The van der Waals surface area contributed by atoms with Crippen LogP contribution in [0.15, 0.2) is 29.3 Å². The van der Waals surface area contributed by atoms with Crippen LogP contribution in [-0.4, -0.2) is 44.1 Å². The Balaban J connectivity index is 0.00000264. The predicted octanol–water partition coefficient (Wildman–Crippen LogP) is 3.01. The number of hydrogen-bond donors (Lipinski definition) is 2. The molecule has 0 radical (unpaired) electrons. The van der Waals surface area contributed by atoms with Crippen molar-refractivity contribution >= 4 is 29.9 Å². The molecule has 1 unspecified atom stereocenters. The van der Waals surface area contributed by atoms with Crippen LogP contribution in [-0.2, 0) is 6.54 Å². The number of halogens is 1. The van der Waals surface area contributed by atoms with Crippen LogP contribution in [0.5, 0.6) is 0 Å². The number of rotatable bonds is 6. The fourth-order valence-electron chi connectivity index (χ4n) is 2.85. The number of benzene rings is 1. The van der Waals surface area contributed by atoms with Gasteiger partial charge in [-0.1, -0.05) is 36.8 Å². The highest BCUT2D eigenvalue weighted by molar-refractivity contribution is 14.0. The minimum absolute atomic E-state index is 0. The van der Waals surface area contributed by atoms with E-state index in [1.165, 1.54) is 43.6 Å². The maximum Gasteiger partial charge on any atom is 0.191 e. The van der Waals surface area contributed by atoms with Crippen LogP contribution in [0.4, 0.5) is 0 Å². The van der Waals surface area contributed by atoms with Gasteiger partial charge in [0, 0.05) is 26.7 Å². The van der Waals surface area contributed by atoms with Crippen molar-refractivity contribution in [2.75, 3.05) is 33.2 Å². The van der Waals surface area contributed by atoms with Gasteiger partial charge in [-0.2, -0.15) is 0 Å². The Morgan fingerprint density at radius 3 is 2.43 bits per heavy atom. The fraction of sp³-hybridized carbons (Fsp3) is 0.611. The molecule has 2 rings (SSSR count). The monoisotopic (exact) mass is 430 g/mol. The van der Waals surface area contributed by atoms with Crippen molar-refractivity contribution < 1.29 is 0 Å². The van der Waals surface area contributed by atoms with Crippen LogP contribution in [0.2, 0.25) is 0 Å². The van der Waals surface area contributed by atoms with Gasteiger partial charge in [0.1, 0.15) is 0 Å². The molecule has 0 spiro atoms. The summed E-state index contributed by atoms with van der Waals surface area (Å²) in [7, 11) is 1.83. The van der Waals surface area contributed by atoms with Crippen molar-refractivity contribution in [1.29, 1.82) is 0 Å². The fourth-order valence-corrected chi connectivity index (χ4v) is 2.85. The summed E-state index contributed by atoms with van der Waals surface area (Å²) < 4.78 is 0. The van der Waals surface area contributed by atoms with Gasteiger partial charge in [0.15, 0.2) is 5.96 Å². The van der Waals surface area contributed by atoms with Crippen molar-refractivity contribution in [2.45, 2.75) is 33.2 Å². The van der Waals surface area contributed by atoms with E-state index in [4.69, 9.17) is 0 Å². The van der Waals surface area contributed by atoms with Crippen molar-refractivity contribution in [3.8, 4) is 0 Å². The normalized spacial score (nSPS) is 16.7. The third kappa shape index (κ3) is 7.52. The van der Waals surface area contributed by atoms with Gasteiger partial charge in [-0.3, -0.25) is 4.99 Å². The summed E-state index contributed by atoms with van der Waals surface area (Å²) in [5, 5.41) is 6.82. The average Bonchev–Trinajstić information content (AvgIpc) is 3.02. The van der Waals surface area contributed by atoms with Gasteiger partial charge in [0.25, 0.3) is 0 Å². The maximum absolute atomic E-state index is 4.31. The first-order valence-corrected chi connectivity index (χ1v) is 8.40. The summed E-state index contributed by atoms with van der Waals surface area (Å²) in [6.07, 6.45) is 2.72. The lowest BCUT2D eigenvalue weighted by molar-refractivity contribution is 0.287. The Morgan fingerprint density at radius 1 is 1.17 bits per heavy atom. The van der Waals surface area contributed by atoms with Gasteiger partial charge in [-0.25, -0.2) is 0 Å². The molecule has 130 valence electrons. The zero-order valence-corrected chi connectivity index (χ0v) is 17.0. The zero-order valence-electron chi connectivity index (χ0n) is 14.6. The van der Waals surface area contributed by atoms with Crippen molar-refractivity contribution in [3.63, 3.8) is 0 Å². The highest BCUT2D eigenvalue weighted by Crippen LogP contribution is 2.09. The maximum atomic E-state index is 4.31. The highest BCUT2D eigenvalue weighted by atomic mass is 127. The molecular weight excluding hydrogens is 399 g/mol. The SMILES string of the molecule is CN=C(NCc1ccc(C)cc1)NCC(C)CN1CCCC1.I. The first kappa shape index (κ1) is 20.2. The van der Waals surface area contributed by atoms with Gasteiger partial charge in [0.05, 0.1) is 0 Å². The molecule has 1 fully saturated rings. The lowest BCUT2D eigenvalue weighted by atomic mass is 10.1. The zero-order chi connectivity index (χ0) is 15.8. The lowest BCUT2D eigenvalue weighted by Gasteiger charge is -2.21. The van der Waals surface area contributed by atoms with Crippen LogP contribution >= 0.6 is 24.0 Å². The van der Waals surface area contributed by atoms with E-state index in [0.29, 0.717) is 5.92 Å². The smallest absolute Gasteiger partial charge is 0.191 e. The molecule has 0 saturated carbocycles. The molecule has 23 heavy (non-hydrogen) atoms. The Morgan fingerprint density at radius 2 is 1.83 bits per heavy atom. The summed E-state index contributed by atoms with van der Waals surface area (Å²) in [5.74, 6) is 1.52. The average molecular weight is 430 g/mol. The third-order valence-electron chi connectivity index (χ3n) is 4.19. The second-order valence-electron chi connectivity index (χ2n) is 6.41. The van der Waals surface area contributed by atoms with E-state index in [-0.39, 0.29) is 24.0 Å². The van der Waals surface area contributed by atoms with Gasteiger partial charge in [0.2, 0.25) is 0 Å². The highest BCUT2D eigenvalue weighted by Gasteiger charge is 2.14. The number of nitrogens with one attached hydrogen (secondary N) is 2. The number of aliphatic imine (C=N–C) groups is 1. The van der Waals surface area contributed by atoms with Gasteiger partial charge in [-0.15, -0.1) is 24.0 Å². The predicted molar refractivity (Wildman–Crippen MR) is 110 cm³/mol. The summed E-state index contributed by atoms with van der Waals surface area (Å²) in [4.78, 5) is 6.87. The Kier molecular flexibility index (Phi) is 9.55. The molecule has 1 heterocycles. The Bertz CT molecular complexity index is 466. The third-order valence-corrected chi connectivity index (χ3v) is 4.19. The molecule has 5 heteroatoms. The Labute approximate surface area is 158 Å². The number of aryl methyl sites for hydroxylation is 1. The van der Waals surface area contributed by atoms with Crippen LogP contribution in [0, 0.1) is 12.8 Å². The number of hydrogen-bond acceptors (Lipinski definition) is 2. The molecule has 0 aromatic heterocycles. The van der Waals surface area contributed by atoms with E-state index < -0.39 is 0 Å². The lowest BCUT2D eigenvalue weighted by Crippen LogP contribution is -2.41. The number of likely N-dealkylation sites (tertiary alicyclic amines) is 1. The van der Waals surface area contributed by atoms with E-state index in [9.17, 15) is 0 Å². The molecule has 4 nitrogen and oxygen atoms in total. The molecule has 1 aromatic carbocycles. The largest absolute Gasteiger partial charge is 0.356 e. The molecule has 1 aliphatic rings. The molecule has 1 aromatic rings. The van der Waals surface area contributed by atoms with E-state index in [2.05, 4.69) is 58.6 Å². The standard InChI is InChI=1S/C18H30N4.HI/c1-15-6-8-17(9-7-15)13-21-18(19-3)20-12-16(2)14-22-10-4-5-11-22;/h6-9,16H,4-5,10-14H2,1-3H3,(H2,19,20,21);1H. The summed E-state index contributed by atoms with van der Waals surface area (Å²) >= 11 is 0. The number of guanidine groups is 1. The molecule has 2 N–H and O–H groups in total. The van der Waals surface area contributed by atoms with E-state index in [1.807, 2.05) is 7.05 Å².